The number of benzene rings is 1. The van der Waals surface area contributed by atoms with Crippen LogP contribution in [0.15, 0.2) is 24.3 Å². The standard InChI is InChI=1S/C16H22ClN3O/c17-13-6-1-2-7-15(13)19-16(21)20-10-4-5-12(11-20)14-8-3-9-18-14/h1-2,6-7,12,14,18H,3-5,8-11H2,(H,19,21). The normalized spacial score (nSPS) is 25.9. The fraction of sp³-hybridized carbons (Fsp3) is 0.562. The Balaban J connectivity index is 1.60. The van der Waals surface area contributed by atoms with Crippen molar-refractivity contribution in [2.24, 2.45) is 5.92 Å². The van der Waals surface area contributed by atoms with Crippen molar-refractivity contribution in [3.63, 3.8) is 0 Å². The molecule has 21 heavy (non-hydrogen) atoms. The van der Waals surface area contributed by atoms with Crippen molar-refractivity contribution >= 4 is 23.3 Å². The lowest BCUT2D eigenvalue weighted by Gasteiger charge is -2.35. The number of carbonyl (C=O) groups is 1. The van der Waals surface area contributed by atoms with Gasteiger partial charge in [0, 0.05) is 19.1 Å². The Morgan fingerprint density at radius 3 is 2.90 bits per heavy atom. The number of anilines is 1. The molecule has 2 heterocycles. The Morgan fingerprint density at radius 2 is 2.14 bits per heavy atom. The number of hydrogen-bond donors (Lipinski definition) is 2. The predicted octanol–water partition coefficient (Wildman–Crippen LogP) is 3.34. The SMILES string of the molecule is O=C(Nc1ccccc1Cl)N1CCCC(C2CCCN2)C1. The van der Waals surface area contributed by atoms with Gasteiger partial charge in [0.1, 0.15) is 0 Å². The van der Waals surface area contributed by atoms with Gasteiger partial charge in [-0.05, 0) is 50.3 Å². The lowest BCUT2D eigenvalue weighted by atomic mass is 9.90. The van der Waals surface area contributed by atoms with E-state index >= 15 is 0 Å². The molecule has 0 aliphatic carbocycles. The largest absolute Gasteiger partial charge is 0.324 e. The molecule has 2 amide bonds. The van der Waals surface area contributed by atoms with E-state index in [-0.39, 0.29) is 6.03 Å². The minimum atomic E-state index is -0.0363. The molecule has 114 valence electrons. The lowest BCUT2D eigenvalue weighted by Crippen LogP contribution is -2.47. The van der Waals surface area contributed by atoms with Gasteiger partial charge in [-0.3, -0.25) is 0 Å². The van der Waals surface area contributed by atoms with Crippen molar-refractivity contribution in [3.05, 3.63) is 29.3 Å². The highest BCUT2D eigenvalue weighted by Gasteiger charge is 2.30. The first-order chi connectivity index (χ1) is 10.2. The van der Waals surface area contributed by atoms with E-state index in [1.807, 2.05) is 23.1 Å². The molecule has 2 aliphatic rings. The highest BCUT2D eigenvalue weighted by molar-refractivity contribution is 6.33. The number of halogens is 1. The van der Waals surface area contributed by atoms with E-state index < -0.39 is 0 Å². The molecular formula is C16H22ClN3O. The van der Waals surface area contributed by atoms with Crippen LogP contribution in [0.2, 0.25) is 5.02 Å². The zero-order chi connectivity index (χ0) is 14.7. The zero-order valence-electron chi connectivity index (χ0n) is 12.1. The summed E-state index contributed by atoms with van der Waals surface area (Å²) in [7, 11) is 0. The van der Waals surface area contributed by atoms with Crippen LogP contribution in [0.25, 0.3) is 0 Å². The fourth-order valence-electron chi connectivity index (χ4n) is 3.39. The van der Waals surface area contributed by atoms with E-state index in [1.165, 1.54) is 19.3 Å². The molecule has 1 aromatic carbocycles. The van der Waals surface area contributed by atoms with Crippen molar-refractivity contribution in [2.75, 3.05) is 25.0 Å². The summed E-state index contributed by atoms with van der Waals surface area (Å²) in [4.78, 5) is 14.3. The summed E-state index contributed by atoms with van der Waals surface area (Å²) >= 11 is 6.10. The third-order valence-electron chi connectivity index (χ3n) is 4.53. The second-order valence-corrected chi connectivity index (χ2v) is 6.37. The summed E-state index contributed by atoms with van der Waals surface area (Å²) < 4.78 is 0. The molecule has 3 rings (SSSR count). The molecule has 2 N–H and O–H groups in total. The van der Waals surface area contributed by atoms with Gasteiger partial charge in [-0.25, -0.2) is 4.79 Å². The van der Waals surface area contributed by atoms with E-state index in [4.69, 9.17) is 11.6 Å². The van der Waals surface area contributed by atoms with E-state index in [0.717, 1.165) is 26.1 Å². The van der Waals surface area contributed by atoms with Crippen LogP contribution in [0.5, 0.6) is 0 Å². The number of nitrogens with zero attached hydrogens (tertiary/aromatic N) is 1. The molecule has 0 spiro atoms. The number of likely N-dealkylation sites (tertiary alicyclic amines) is 1. The van der Waals surface area contributed by atoms with Gasteiger partial charge in [0.2, 0.25) is 0 Å². The Bertz CT molecular complexity index is 502. The summed E-state index contributed by atoms with van der Waals surface area (Å²) in [6.45, 7) is 2.79. The molecule has 4 nitrogen and oxygen atoms in total. The molecule has 5 heteroatoms. The zero-order valence-corrected chi connectivity index (χ0v) is 12.9. The van der Waals surface area contributed by atoms with Crippen molar-refractivity contribution in [1.82, 2.24) is 10.2 Å². The van der Waals surface area contributed by atoms with Gasteiger partial charge in [0.05, 0.1) is 10.7 Å². The molecule has 2 aliphatic heterocycles. The quantitative estimate of drug-likeness (QED) is 0.880. The first kappa shape index (κ1) is 14.7. The molecule has 0 radical (unpaired) electrons. The van der Waals surface area contributed by atoms with Gasteiger partial charge >= 0.3 is 6.03 Å². The Kier molecular flexibility index (Phi) is 4.66. The summed E-state index contributed by atoms with van der Waals surface area (Å²) in [5.74, 6) is 0.582. The maximum atomic E-state index is 12.4. The smallest absolute Gasteiger partial charge is 0.321 e. The molecular weight excluding hydrogens is 286 g/mol. The number of urea groups is 1. The number of rotatable bonds is 2. The number of nitrogens with one attached hydrogen (secondary N) is 2. The van der Waals surface area contributed by atoms with Crippen molar-refractivity contribution in [2.45, 2.75) is 31.7 Å². The van der Waals surface area contributed by atoms with E-state index in [1.54, 1.807) is 6.07 Å². The highest BCUT2D eigenvalue weighted by Crippen LogP contribution is 2.26. The Labute approximate surface area is 130 Å². The van der Waals surface area contributed by atoms with Crippen molar-refractivity contribution < 1.29 is 4.79 Å². The average molecular weight is 308 g/mol. The van der Waals surface area contributed by atoms with Crippen LogP contribution < -0.4 is 10.6 Å². The third-order valence-corrected chi connectivity index (χ3v) is 4.86. The van der Waals surface area contributed by atoms with Gasteiger partial charge in [0.25, 0.3) is 0 Å². The number of piperidine rings is 1. The van der Waals surface area contributed by atoms with Gasteiger partial charge < -0.3 is 15.5 Å². The van der Waals surface area contributed by atoms with Crippen LogP contribution in [-0.2, 0) is 0 Å². The van der Waals surface area contributed by atoms with Crippen LogP contribution in [0.4, 0.5) is 10.5 Å². The molecule has 0 saturated carbocycles. The lowest BCUT2D eigenvalue weighted by molar-refractivity contribution is 0.163. The first-order valence-electron chi connectivity index (χ1n) is 7.78. The Hall–Kier alpha value is -1.26. The van der Waals surface area contributed by atoms with Gasteiger partial charge in [0.15, 0.2) is 0 Å². The number of amides is 2. The van der Waals surface area contributed by atoms with Crippen molar-refractivity contribution in [1.29, 1.82) is 0 Å². The number of carbonyl (C=O) groups excluding carboxylic acids is 1. The first-order valence-corrected chi connectivity index (χ1v) is 8.15. The van der Waals surface area contributed by atoms with E-state index in [9.17, 15) is 4.79 Å². The predicted molar refractivity (Wildman–Crippen MR) is 85.8 cm³/mol. The third kappa shape index (κ3) is 3.50. The van der Waals surface area contributed by atoms with Crippen LogP contribution >= 0.6 is 11.6 Å². The Morgan fingerprint density at radius 1 is 1.29 bits per heavy atom. The van der Waals surface area contributed by atoms with Gasteiger partial charge in [-0.1, -0.05) is 23.7 Å². The van der Waals surface area contributed by atoms with E-state index in [2.05, 4.69) is 10.6 Å². The highest BCUT2D eigenvalue weighted by atomic mass is 35.5. The van der Waals surface area contributed by atoms with Crippen molar-refractivity contribution in [3.8, 4) is 0 Å². The maximum Gasteiger partial charge on any atom is 0.321 e. The molecule has 2 saturated heterocycles. The molecule has 0 aromatic heterocycles. The number of hydrogen-bond acceptors (Lipinski definition) is 2. The molecule has 2 fully saturated rings. The minimum absolute atomic E-state index is 0.0363. The molecule has 2 atom stereocenters. The topological polar surface area (TPSA) is 44.4 Å². The van der Waals surface area contributed by atoms with Crippen LogP contribution in [0.1, 0.15) is 25.7 Å². The minimum Gasteiger partial charge on any atom is -0.324 e. The number of para-hydroxylation sites is 1. The van der Waals surface area contributed by atoms with Gasteiger partial charge in [-0.2, -0.15) is 0 Å². The fourth-order valence-corrected chi connectivity index (χ4v) is 3.58. The maximum absolute atomic E-state index is 12.4. The monoisotopic (exact) mass is 307 g/mol. The van der Waals surface area contributed by atoms with E-state index in [0.29, 0.717) is 22.7 Å². The summed E-state index contributed by atoms with van der Waals surface area (Å²) in [6.07, 6.45) is 4.80. The summed E-state index contributed by atoms with van der Waals surface area (Å²) in [5.41, 5.74) is 0.685. The average Bonchev–Trinajstić information content (AvgIpc) is 3.04. The second-order valence-electron chi connectivity index (χ2n) is 5.96. The summed E-state index contributed by atoms with van der Waals surface area (Å²) in [5, 5.41) is 7.07. The molecule has 2 unspecified atom stereocenters. The van der Waals surface area contributed by atoms with Crippen LogP contribution in [-0.4, -0.2) is 36.6 Å². The van der Waals surface area contributed by atoms with Crippen LogP contribution in [0.3, 0.4) is 0 Å². The van der Waals surface area contributed by atoms with Gasteiger partial charge in [-0.15, -0.1) is 0 Å². The van der Waals surface area contributed by atoms with Crippen LogP contribution in [0, 0.1) is 5.92 Å². The summed E-state index contributed by atoms with van der Waals surface area (Å²) in [6, 6.07) is 7.91. The molecule has 0 bridgehead atoms. The molecule has 1 aromatic rings. The second kappa shape index (κ2) is 6.67.